The van der Waals surface area contributed by atoms with Gasteiger partial charge in [-0.25, -0.2) is 0 Å². The molecule has 0 aromatic heterocycles. The van der Waals surface area contributed by atoms with E-state index in [1.165, 1.54) is 16.7 Å². The maximum atomic E-state index is 11.1. The molecule has 0 spiro atoms. The van der Waals surface area contributed by atoms with E-state index in [0.717, 1.165) is 5.56 Å². The third kappa shape index (κ3) is 3.22. The number of hydrogen-bond donors (Lipinski definition) is 1. The van der Waals surface area contributed by atoms with Gasteiger partial charge in [0.1, 0.15) is 0 Å². The average Bonchev–Trinajstić information content (AvgIpc) is 2.40. The van der Waals surface area contributed by atoms with E-state index < -0.39 is 0 Å². The van der Waals surface area contributed by atoms with Crippen LogP contribution in [0.25, 0.3) is 11.1 Å². The quantitative estimate of drug-likeness (QED) is 0.892. The van der Waals surface area contributed by atoms with Crippen molar-refractivity contribution in [3.63, 3.8) is 0 Å². The van der Waals surface area contributed by atoms with Crippen LogP contribution < -0.4 is 5.73 Å². The van der Waals surface area contributed by atoms with Crippen molar-refractivity contribution >= 4 is 5.91 Å². The van der Waals surface area contributed by atoms with E-state index in [-0.39, 0.29) is 11.8 Å². The fourth-order valence-electron chi connectivity index (χ4n) is 2.17. The van der Waals surface area contributed by atoms with Crippen LogP contribution >= 0.6 is 0 Å². The molecule has 0 aliphatic heterocycles. The van der Waals surface area contributed by atoms with E-state index in [0.29, 0.717) is 6.42 Å². The van der Waals surface area contributed by atoms with Gasteiger partial charge in [-0.2, -0.15) is 0 Å². The Morgan fingerprint density at radius 3 is 2.32 bits per heavy atom. The van der Waals surface area contributed by atoms with Gasteiger partial charge in [0.15, 0.2) is 0 Å². The Morgan fingerprint density at radius 2 is 1.74 bits per heavy atom. The van der Waals surface area contributed by atoms with Gasteiger partial charge in [-0.3, -0.25) is 4.79 Å². The van der Waals surface area contributed by atoms with E-state index in [1.807, 2.05) is 19.1 Å². The lowest BCUT2D eigenvalue weighted by atomic mass is 9.96. The van der Waals surface area contributed by atoms with Crippen LogP contribution in [0.15, 0.2) is 48.5 Å². The molecule has 2 aromatic rings. The Labute approximate surface area is 114 Å². The molecule has 0 bridgehead atoms. The minimum atomic E-state index is -0.247. The predicted octanol–water partition coefficient (Wildman–Crippen LogP) is 3.33. The number of amides is 1. The molecule has 0 aliphatic carbocycles. The number of carbonyl (C=O) groups excluding carboxylic acids is 1. The van der Waals surface area contributed by atoms with Gasteiger partial charge in [0.25, 0.3) is 0 Å². The van der Waals surface area contributed by atoms with Crippen molar-refractivity contribution in [1.82, 2.24) is 0 Å². The summed E-state index contributed by atoms with van der Waals surface area (Å²) in [6.45, 7) is 3.97. The smallest absolute Gasteiger partial charge is 0.220 e. The van der Waals surface area contributed by atoms with Crippen molar-refractivity contribution in [2.24, 2.45) is 11.7 Å². The molecule has 2 N–H and O–H groups in total. The second-order valence-electron chi connectivity index (χ2n) is 5.02. The summed E-state index contributed by atoms with van der Waals surface area (Å²) in [5, 5.41) is 0. The van der Waals surface area contributed by atoms with Crippen LogP contribution in [-0.2, 0) is 11.2 Å². The lowest BCUT2D eigenvalue weighted by molar-refractivity contribution is -0.121. The van der Waals surface area contributed by atoms with Crippen LogP contribution in [0.1, 0.15) is 18.1 Å². The first-order valence-corrected chi connectivity index (χ1v) is 6.52. The molecule has 1 atom stereocenters. The maximum Gasteiger partial charge on any atom is 0.220 e. The monoisotopic (exact) mass is 253 g/mol. The molecule has 0 saturated carbocycles. The molecule has 1 amide bonds. The number of rotatable bonds is 4. The topological polar surface area (TPSA) is 43.1 Å². The van der Waals surface area contributed by atoms with E-state index in [2.05, 4.69) is 43.3 Å². The molecule has 19 heavy (non-hydrogen) atoms. The van der Waals surface area contributed by atoms with Gasteiger partial charge in [0.05, 0.1) is 0 Å². The standard InChI is InChI=1S/C17H19NO/c1-12-5-3-4-6-16(12)15-9-7-14(8-10-15)11-13(2)17(18)19/h3-10,13H,11H2,1-2H3,(H2,18,19)/t13-/m1/s1. The lowest BCUT2D eigenvalue weighted by Crippen LogP contribution is -2.22. The number of hydrogen-bond acceptors (Lipinski definition) is 1. The molecule has 0 radical (unpaired) electrons. The third-order valence-electron chi connectivity index (χ3n) is 3.44. The Kier molecular flexibility index (Phi) is 4.00. The highest BCUT2D eigenvalue weighted by molar-refractivity contribution is 5.76. The summed E-state index contributed by atoms with van der Waals surface area (Å²) in [4.78, 5) is 11.1. The molecule has 0 unspecified atom stereocenters. The number of primary amides is 1. The van der Waals surface area contributed by atoms with Crippen molar-refractivity contribution in [1.29, 1.82) is 0 Å². The minimum absolute atomic E-state index is 0.121. The molecule has 0 aliphatic rings. The summed E-state index contributed by atoms with van der Waals surface area (Å²) < 4.78 is 0. The summed E-state index contributed by atoms with van der Waals surface area (Å²) in [7, 11) is 0. The van der Waals surface area contributed by atoms with Gasteiger partial charge in [-0.1, -0.05) is 55.5 Å². The Morgan fingerprint density at radius 1 is 1.11 bits per heavy atom. The molecular weight excluding hydrogens is 234 g/mol. The predicted molar refractivity (Wildman–Crippen MR) is 78.7 cm³/mol. The van der Waals surface area contributed by atoms with Crippen molar-refractivity contribution in [2.75, 3.05) is 0 Å². The average molecular weight is 253 g/mol. The molecule has 2 rings (SSSR count). The maximum absolute atomic E-state index is 11.1. The van der Waals surface area contributed by atoms with Crippen LogP contribution in [0.2, 0.25) is 0 Å². The summed E-state index contributed by atoms with van der Waals surface area (Å²) in [6.07, 6.45) is 0.698. The Bertz CT molecular complexity index is 572. The van der Waals surface area contributed by atoms with Crippen LogP contribution in [0.3, 0.4) is 0 Å². The van der Waals surface area contributed by atoms with E-state index in [4.69, 9.17) is 5.73 Å². The first-order valence-electron chi connectivity index (χ1n) is 6.52. The van der Waals surface area contributed by atoms with E-state index in [9.17, 15) is 4.79 Å². The third-order valence-corrected chi connectivity index (χ3v) is 3.44. The number of benzene rings is 2. The molecule has 0 heterocycles. The molecule has 0 fully saturated rings. The van der Waals surface area contributed by atoms with Gasteiger partial charge in [-0.05, 0) is 35.6 Å². The number of nitrogens with two attached hydrogens (primary N) is 1. The molecule has 2 heteroatoms. The lowest BCUT2D eigenvalue weighted by Gasteiger charge is -2.09. The normalized spacial score (nSPS) is 12.1. The van der Waals surface area contributed by atoms with Crippen molar-refractivity contribution < 1.29 is 4.79 Å². The van der Waals surface area contributed by atoms with Crippen molar-refractivity contribution in [2.45, 2.75) is 20.3 Å². The minimum Gasteiger partial charge on any atom is -0.369 e. The fourth-order valence-corrected chi connectivity index (χ4v) is 2.17. The van der Waals surface area contributed by atoms with E-state index >= 15 is 0 Å². The highest BCUT2D eigenvalue weighted by Crippen LogP contribution is 2.23. The molecule has 2 aromatic carbocycles. The summed E-state index contributed by atoms with van der Waals surface area (Å²) in [5.74, 6) is -0.368. The Balaban J connectivity index is 2.19. The highest BCUT2D eigenvalue weighted by Gasteiger charge is 2.09. The zero-order valence-electron chi connectivity index (χ0n) is 11.4. The van der Waals surface area contributed by atoms with E-state index in [1.54, 1.807) is 0 Å². The Hall–Kier alpha value is -2.09. The molecule has 0 saturated heterocycles. The summed E-state index contributed by atoms with van der Waals surface area (Å²) in [5.41, 5.74) is 10.1. The van der Waals surface area contributed by atoms with Gasteiger partial charge in [-0.15, -0.1) is 0 Å². The molecular formula is C17H19NO. The van der Waals surface area contributed by atoms with Crippen LogP contribution in [0.4, 0.5) is 0 Å². The zero-order chi connectivity index (χ0) is 13.8. The van der Waals surface area contributed by atoms with Gasteiger partial charge >= 0.3 is 0 Å². The zero-order valence-corrected chi connectivity index (χ0v) is 11.4. The molecule has 98 valence electrons. The summed E-state index contributed by atoms with van der Waals surface area (Å²) in [6, 6.07) is 16.7. The van der Waals surface area contributed by atoms with Crippen LogP contribution in [0.5, 0.6) is 0 Å². The second-order valence-corrected chi connectivity index (χ2v) is 5.02. The van der Waals surface area contributed by atoms with Gasteiger partial charge in [0, 0.05) is 5.92 Å². The second kappa shape index (κ2) is 5.70. The van der Waals surface area contributed by atoms with Gasteiger partial charge < -0.3 is 5.73 Å². The first-order chi connectivity index (χ1) is 9.08. The largest absolute Gasteiger partial charge is 0.369 e. The summed E-state index contributed by atoms with van der Waals surface area (Å²) >= 11 is 0. The van der Waals surface area contributed by atoms with Crippen LogP contribution in [-0.4, -0.2) is 5.91 Å². The SMILES string of the molecule is Cc1ccccc1-c1ccc(C[C@@H](C)C(N)=O)cc1. The van der Waals surface area contributed by atoms with Gasteiger partial charge in [0.2, 0.25) is 5.91 Å². The van der Waals surface area contributed by atoms with Crippen molar-refractivity contribution in [3.8, 4) is 11.1 Å². The number of aryl methyl sites for hydroxylation is 1. The molecule has 2 nitrogen and oxygen atoms in total. The number of carbonyl (C=O) groups is 1. The van der Waals surface area contributed by atoms with Crippen LogP contribution in [0, 0.1) is 12.8 Å². The fraction of sp³-hybridized carbons (Fsp3) is 0.235. The van der Waals surface area contributed by atoms with Crippen molar-refractivity contribution in [3.05, 3.63) is 59.7 Å². The highest BCUT2D eigenvalue weighted by atomic mass is 16.1. The first kappa shape index (κ1) is 13.3.